The lowest BCUT2D eigenvalue weighted by atomic mass is 10.0. The number of carbonyl (C=O) groups is 1. The first kappa shape index (κ1) is 17.2. The second-order valence-electron chi connectivity index (χ2n) is 6.39. The molecule has 1 amide bonds. The van der Waals surface area contributed by atoms with Gasteiger partial charge in [0, 0.05) is 18.7 Å². The van der Waals surface area contributed by atoms with Crippen molar-refractivity contribution in [1.82, 2.24) is 10.3 Å². The molecule has 1 aliphatic heterocycles. The number of nitrogens with one attached hydrogen (secondary N) is 1. The van der Waals surface area contributed by atoms with Crippen molar-refractivity contribution in [3.63, 3.8) is 0 Å². The third-order valence-corrected chi connectivity index (χ3v) is 4.50. The molecule has 0 fully saturated rings. The Morgan fingerprint density at radius 2 is 1.84 bits per heavy atom. The Morgan fingerprint density at radius 1 is 1.20 bits per heavy atom. The van der Waals surface area contributed by atoms with Crippen LogP contribution in [0.4, 0.5) is 0 Å². The Labute approximate surface area is 148 Å². The molecule has 5 nitrogen and oxygen atoms in total. The summed E-state index contributed by atoms with van der Waals surface area (Å²) in [5, 5.41) is 4.04. The van der Waals surface area contributed by atoms with Gasteiger partial charge < -0.3 is 4.74 Å². The molecule has 5 heteroatoms. The number of aryl methyl sites for hydroxylation is 2. The number of methoxy groups -OCH3 is 1. The largest absolute Gasteiger partial charge is 0.496 e. The molecule has 0 aliphatic carbocycles. The van der Waals surface area contributed by atoms with Gasteiger partial charge in [-0.2, -0.15) is 5.10 Å². The van der Waals surface area contributed by atoms with E-state index < -0.39 is 0 Å². The molecule has 0 atom stereocenters. The fourth-order valence-corrected chi connectivity index (χ4v) is 3.06. The number of ether oxygens (including phenoxy) is 1. The lowest BCUT2D eigenvalue weighted by Crippen LogP contribution is -2.32. The third kappa shape index (κ3) is 4.06. The summed E-state index contributed by atoms with van der Waals surface area (Å²) in [6, 6.07) is 12.0. The van der Waals surface area contributed by atoms with E-state index in [0.29, 0.717) is 6.54 Å². The highest BCUT2D eigenvalue weighted by atomic mass is 16.5. The average Bonchev–Trinajstić information content (AvgIpc) is 2.96. The minimum atomic E-state index is -0.118. The zero-order valence-electron chi connectivity index (χ0n) is 14.9. The molecule has 3 rings (SSSR count). The van der Waals surface area contributed by atoms with E-state index in [4.69, 9.17) is 4.74 Å². The van der Waals surface area contributed by atoms with Crippen LogP contribution in [0.5, 0.6) is 5.75 Å². The van der Waals surface area contributed by atoms with Crippen molar-refractivity contribution in [1.29, 1.82) is 0 Å². The first-order chi connectivity index (χ1) is 12.1. The van der Waals surface area contributed by atoms with Crippen molar-refractivity contribution in [2.75, 3.05) is 13.7 Å². The summed E-state index contributed by atoms with van der Waals surface area (Å²) in [5.41, 5.74) is 8.64. The molecule has 25 heavy (non-hydrogen) atoms. The van der Waals surface area contributed by atoms with E-state index in [1.165, 1.54) is 22.3 Å². The predicted octanol–water partition coefficient (Wildman–Crippen LogP) is 2.78. The minimum Gasteiger partial charge on any atom is -0.496 e. The molecule has 130 valence electrons. The smallest absolute Gasteiger partial charge is 0.254 e. The van der Waals surface area contributed by atoms with Crippen molar-refractivity contribution in [2.24, 2.45) is 5.10 Å². The Kier molecular flexibility index (Phi) is 5.14. The van der Waals surface area contributed by atoms with Gasteiger partial charge in [0.05, 0.1) is 19.9 Å². The zero-order chi connectivity index (χ0) is 17.8. The SMILES string of the molecule is COc1ccccc1/C=N\NC(=O)CN1Cc2cc(C)c(C)cc2C1. The number of fused-ring (bicyclic) bond motifs is 1. The summed E-state index contributed by atoms with van der Waals surface area (Å²) in [6.07, 6.45) is 1.60. The Morgan fingerprint density at radius 3 is 2.48 bits per heavy atom. The maximum absolute atomic E-state index is 12.1. The number of benzene rings is 2. The van der Waals surface area contributed by atoms with Crippen LogP contribution in [0, 0.1) is 13.8 Å². The van der Waals surface area contributed by atoms with Crippen LogP contribution in [0.25, 0.3) is 0 Å². The molecule has 0 aromatic heterocycles. The summed E-state index contributed by atoms with van der Waals surface area (Å²) in [7, 11) is 1.61. The third-order valence-electron chi connectivity index (χ3n) is 4.50. The van der Waals surface area contributed by atoms with E-state index in [-0.39, 0.29) is 5.91 Å². The molecular weight excluding hydrogens is 314 g/mol. The van der Waals surface area contributed by atoms with E-state index in [2.05, 4.69) is 41.4 Å². The van der Waals surface area contributed by atoms with Gasteiger partial charge >= 0.3 is 0 Å². The van der Waals surface area contributed by atoms with Gasteiger partial charge in [0.1, 0.15) is 5.75 Å². The quantitative estimate of drug-likeness (QED) is 0.674. The second kappa shape index (κ2) is 7.49. The highest BCUT2D eigenvalue weighted by Gasteiger charge is 2.21. The lowest BCUT2D eigenvalue weighted by Gasteiger charge is -2.12. The summed E-state index contributed by atoms with van der Waals surface area (Å²) in [5.74, 6) is 0.605. The Balaban J connectivity index is 1.55. The van der Waals surface area contributed by atoms with Gasteiger partial charge in [-0.3, -0.25) is 9.69 Å². The predicted molar refractivity (Wildman–Crippen MR) is 98.8 cm³/mol. The molecule has 1 aliphatic rings. The van der Waals surface area contributed by atoms with Gasteiger partial charge in [-0.1, -0.05) is 24.3 Å². The Bertz CT molecular complexity index is 784. The maximum Gasteiger partial charge on any atom is 0.254 e. The fraction of sp³-hybridized carbons (Fsp3) is 0.300. The molecule has 0 saturated heterocycles. The number of hydrogen-bond acceptors (Lipinski definition) is 4. The van der Waals surface area contributed by atoms with Gasteiger partial charge in [0.15, 0.2) is 0 Å². The monoisotopic (exact) mass is 337 g/mol. The van der Waals surface area contributed by atoms with Crippen LogP contribution in [-0.4, -0.2) is 30.7 Å². The van der Waals surface area contributed by atoms with Crippen molar-refractivity contribution >= 4 is 12.1 Å². The molecule has 0 radical (unpaired) electrons. The van der Waals surface area contributed by atoms with E-state index in [1.807, 2.05) is 24.3 Å². The van der Waals surface area contributed by atoms with Gasteiger partial charge in [0.25, 0.3) is 5.91 Å². The number of hydrazone groups is 1. The minimum absolute atomic E-state index is 0.118. The van der Waals surface area contributed by atoms with Crippen LogP contribution in [-0.2, 0) is 17.9 Å². The Hall–Kier alpha value is -2.66. The van der Waals surface area contributed by atoms with E-state index in [1.54, 1.807) is 13.3 Å². The van der Waals surface area contributed by atoms with E-state index >= 15 is 0 Å². The molecular formula is C20H23N3O2. The van der Waals surface area contributed by atoms with Gasteiger partial charge in [-0.05, 0) is 48.2 Å². The van der Waals surface area contributed by atoms with Crippen molar-refractivity contribution in [2.45, 2.75) is 26.9 Å². The van der Waals surface area contributed by atoms with Gasteiger partial charge in [0.2, 0.25) is 0 Å². The van der Waals surface area contributed by atoms with Crippen molar-refractivity contribution in [3.8, 4) is 5.75 Å². The maximum atomic E-state index is 12.1. The number of para-hydroxylation sites is 1. The number of rotatable bonds is 5. The molecule has 1 heterocycles. The van der Waals surface area contributed by atoms with Crippen molar-refractivity contribution in [3.05, 3.63) is 64.2 Å². The number of amides is 1. The summed E-state index contributed by atoms with van der Waals surface area (Å²) in [4.78, 5) is 14.3. The van der Waals surface area contributed by atoms with Crippen LogP contribution in [0.15, 0.2) is 41.5 Å². The van der Waals surface area contributed by atoms with Crippen LogP contribution in [0.1, 0.15) is 27.8 Å². The molecule has 0 bridgehead atoms. The van der Waals surface area contributed by atoms with Crippen LogP contribution >= 0.6 is 0 Å². The zero-order valence-corrected chi connectivity index (χ0v) is 14.9. The summed E-state index contributed by atoms with van der Waals surface area (Å²) < 4.78 is 5.25. The second-order valence-corrected chi connectivity index (χ2v) is 6.39. The standard InChI is InChI=1S/C20H23N3O2/c1-14-8-17-11-23(12-18(17)9-15(14)2)13-20(24)22-21-10-16-6-4-5-7-19(16)25-3/h4-10H,11-13H2,1-3H3,(H,22,24)/b21-10-. The summed E-state index contributed by atoms with van der Waals surface area (Å²) in [6.45, 7) is 6.19. The topological polar surface area (TPSA) is 53.9 Å². The van der Waals surface area contributed by atoms with Crippen molar-refractivity contribution < 1.29 is 9.53 Å². The number of carbonyl (C=O) groups excluding carboxylic acids is 1. The highest BCUT2D eigenvalue weighted by molar-refractivity contribution is 5.85. The van der Waals surface area contributed by atoms with Gasteiger partial charge in [-0.15, -0.1) is 0 Å². The molecule has 0 spiro atoms. The highest BCUT2D eigenvalue weighted by Crippen LogP contribution is 2.25. The number of hydrogen-bond donors (Lipinski definition) is 1. The molecule has 0 saturated carbocycles. The normalized spacial score (nSPS) is 13.9. The van der Waals surface area contributed by atoms with Crippen LogP contribution < -0.4 is 10.2 Å². The first-order valence-electron chi connectivity index (χ1n) is 8.33. The average molecular weight is 337 g/mol. The van der Waals surface area contributed by atoms with Crippen LogP contribution in [0.3, 0.4) is 0 Å². The first-order valence-corrected chi connectivity index (χ1v) is 8.33. The molecule has 2 aromatic rings. The lowest BCUT2D eigenvalue weighted by molar-refractivity contribution is -0.122. The van der Waals surface area contributed by atoms with E-state index in [0.717, 1.165) is 24.4 Å². The molecule has 2 aromatic carbocycles. The van der Waals surface area contributed by atoms with Gasteiger partial charge in [-0.25, -0.2) is 5.43 Å². The van der Waals surface area contributed by atoms with E-state index in [9.17, 15) is 4.79 Å². The number of nitrogens with zero attached hydrogens (tertiary/aromatic N) is 2. The molecule has 0 unspecified atom stereocenters. The van der Waals surface area contributed by atoms with Crippen LogP contribution in [0.2, 0.25) is 0 Å². The molecule has 1 N–H and O–H groups in total. The fourth-order valence-electron chi connectivity index (χ4n) is 3.06. The summed E-state index contributed by atoms with van der Waals surface area (Å²) >= 11 is 0.